The average molecular weight is 317 g/mol. The number of hydrogen-bond donors (Lipinski definition) is 1. The number of aliphatic carboxylic acids is 1. The fourth-order valence-electron chi connectivity index (χ4n) is 1.95. The molecule has 0 saturated heterocycles. The standard InChI is InChI=1S/C14H18BrFO2/c15-9-4-2-1-3-8-13(14(17)18)11-6-5-7-12(16)10-11/h5-7,10,13H,1-4,8-9H2,(H,17,18). The molecule has 0 aromatic heterocycles. The van der Waals surface area contributed by atoms with Crippen molar-refractivity contribution in [2.75, 3.05) is 5.33 Å². The zero-order valence-corrected chi connectivity index (χ0v) is 11.8. The molecule has 0 saturated carbocycles. The average Bonchev–Trinajstić information content (AvgIpc) is 2.33. The number of halogens is 2. The van der Waals surface area contributed by atoms with Gasteiger partial charge < -0.3 is 5.11 Å². The lowest BCUT2D eigenvalue weighted by Crippen LogP contribution is -2.11. The van der Waals surface area contributed by atoms with Gasteiger partial charge in [0.2, 0.25) is 0 Å². The largest absolute Gasteiger partial charge is 0.481 e. The highest BCUT2D eigenvalue weighted by Crippen LogP contribution is 2.23. The smallest absolute Gasteiger partial charge is 0.310 e. The molecule has 0 aliphatic heterocycles. The zero-order valence-electron chi connectivity index (χ0n) is 10.2. The van der Waals surface area contributed by atoms with Crippen LogP contribution < -0.4 is 0 Å². The molecule has 1 atom stereocenters. The minimum absolute atomic E-state index is 0.377. The van der Waals surface area contributed by atoms with Gasteiger partial charge in [-0.05, 0) is 30.5 Å². The SMILES string of the molecule is O=C(O)C(CCCCCCBr)c1cccc(F)c1. The molecule has 1 aromatic rings. The van der Waals surface area contributed by atoms with E-state index in [1.54, 1.807) is 12.1 Å². The Labute approximate surface area is 115 Å². The highest BCUT2D eigenvalue weighted by Gasteiger charge is 2.19. The molecule has 0 heterocycles. The van der Waals surface area contributed by atoms with Crippen molar-refractivity contribution in [3.8, 4) is 0 Å². The molecular formula is C14H18BrFO2. The van der Waals surface area contributed by atoms with Gasteiger partial charge in [-0.2, -0.15) is 0 Å². The van der Waals surface area contributed by atoms with Crippen LogP contribution >= 0.6 is 15.9 Å². The lowest BCUT2D eigenvalue weighted by molar-refractivity contribution is -0.139. The van der Waals surface area contributed by atoms with E-state index in [0.29, 0.717) is 12.0 Å². The summed E-state index contributed by atoms with van der Waals surface area (Å²) >= 11 is 3.36. The van der Waals surface area contributed by atoms with E-state index in [9.17, 15) is 14.3 Å². The monoisotopic (exact) mass is 316 g/mol. The molecule has 1 N–H and O–H groups in total. The van der Waals surface area contributed by atoms with Gasteiger partial charge in [0.1, 0.15) is 5.82 Å². The summed E-state index contributed by atoms with van der Waals surface area (Å²) in [5.74, 6) is -1.84. The Kier molecular flexibility index (Phi) is 6.94. The molecule has 4 heteroatoms. The van der Waals surface area contributed by atoms with Crippen LogP contribution in [0.1, 0.15) is 43.6 Å². The van der Waals surface area contributed by atoms with Crippen molar-refractivity contribution in [1.29, 1.82) is 0 Å². The van der Waals surface area contributed by atoms with Gasteiger partial charge >= 0.3 is 5.97 Å². The minimum atomic E-state index is -0.874. The maximum atomic E-state index is 13.1. The van der Waals surface area contributed by atoms with Crippen molar-refractivity contribution in [1.82, 2.24) is 0 Å². The molecule has 0 bridgehead atoms. The topological polar surface area (TPSA) is 37.3 Å². The van der Waals surface area contributed by atoms with Crippen LogP contribution in [0.5, 0.6) is 0 Å². The second-order valence-electron chi connectivity index (χ2n) is 4.34. The zero-order chi connectivity index (χ0) is 13.4. The van der Waals surface area contributed by atoms with E-state index in [0.717, 1.165) is 31.0 Å². The Balaban J connectivity index is 2.53. The number of benzene rings is 1. The van der Waals surface area contributed by atoms with Gasteiger partial charge in [0.05, 0.1) is 5.92 Å². The van der Waals surface area contributed by atoms with Crippen LogP contribution in [-0.2, 0) is 4.79 Å². The fraction of sp³-hybridized carbons (Fsp3) is 0.500. The van der Waals surface area contributed by atoms with Crippen molar-refractivity contribution in [2.24, 2.45) is 0 Å². The lowest BCUT2D eigenvalue weighted by atomic mass is 9.93. The highest BCUT2D eigenvalue weighted by atomic mass is 79.9. The quantitative estimate of drug-likeness (QED) is 0.572. The van der Waals surface area contributed by atoms with Crippen molar-refractivity contribution in [2.45, 2.75) is 38.0 Å². The molecule has 1 unspecified atom stereocenters. The Morgan fingerprint density at radius 2 is 2.00 bits per heavy atom. The molecule has 2 nitrogen and oxygen atoms in total. The number of carboxylic acid groups (broad SMARTS) is 1. The third-order valence-corrected chi connectivity index (χ3v) is 3.49. The van der Waals surface area contributed by atoms with Crippen LogP contribution in [0, 0.1) is 5.82 Å². The van der Waals surface area contributed by atoms with Crippen LogP contribution in [0.3, 0.4) is 0 Å². The Hall–Kier alpha value is -0.900. The number of rotatable bonds is 8. The summed E-state index contributed by atoms with van der Waals surface area (Å²) in [6, 6.07) is 5.89. The van der Waals surface area contributed by atoms with Crippen molar-refractivity contribution >= 4 is 21.9 Å². The van der Waals surface area contributed by atoms with Crippen LogP contribution in [-0.4, -0.2) is 16.4 Å². The van der Waals surface area contributed by atoms with E-state index >= 15 is 0 Å². The van der Waals surface area contributed by atoms with E-state index in [4.69, 9.17) is 0 Å². The molecule has 0 amide bonds. The molecule has 1 rings (SSSR count). The summed E-state index contributed by atoms with van der Waals surface area (Å²) in [4.78, 5) is 11.2. The van der Waals surface area contributed by atoms with Gasteiger partial charge in [-0.1, -0.05) is 47.3 Å². The summed E-state index contributed by atoms with van der Waals surface area (Å²) in [5, 5.41) is 10.2. The third kappa shape index (κ3) is 5.17. The molecule has 18 heavy (non-hydrogen) atoms. The van der Waals surface area contributed by atoms with E-state index < -0.39 is 11.9 Å². The van der Waals surface area contributed by atoms with Crippen molar-refractivity contribution in [3.05, 3.63) is 35.6 Å². The van der Waals surface area contributed by atoms with Gasteiger partial charge in [0.15, 0.2) is 0 Å². The van der Waals surface area contributed by atoms with E-state index in [2.05, 4.69) is 15.9 Å². The van der Waals surface area contributed by atoms with Crippen LogP contribution in [0.4, 0.5) is 4.39 Å². The van der Waals surface area contributed by atoms with Gasteiger partial charge in [0.25, 0.3) is 0 Å². The number of alkyl halides is 1. The van der Waals surface area contributed by atoms with E-state index in [1.165, 1.54) is 12.1 Å². The highest BCUT2D eigenvalue weighted by molar-refractivity contribution is 9.09. The first kappa shape index (κ1) is 15.2. The van der Waals surface area contributed by atoms with Crippen LogP contribution in [0.25, 0.3) is 0 Å². The van der Waals surface area contributed by atoms with E-state index in [1.807, 2.05) is 0 Å². The van der Waals surface area contributed by atoms with Crippen LogP contribution in [0.15, 0.2) is 24.3 Å². The second kappa shape index (κ2) is 8.25. The predicted octanol–water partition coefficient (Wildman–Crippen LogP) is 4.34. The van der Waals surface area contributed by atoms with Gasteiger partial charge in [-0.25, -0.2) is 4.39 Å². The third-order valence-electron chi connectivity index (χ3n) is 2.93. The molecule has 0 aliphatic rings. The normalized spacial score (nSPS) is 12.3. The minimum Gasteiger partial charge on any atom is -0.481 e. The lowest BCUT2D eigenvalue weighted by Gasteiger charge is -2.12. The summed E-state index contributed by atoms with van der Waals surface area (Å²) in [6.07, 6.45) is 4.66. The Morgan fingerprint density at radius 3 is 2.61 bits per heavy atom. The first-order valence-corrected chi connectivity index (χ1v) is 7.31. The maximum absolute atomic E-state index is 13.1. The fourth-order valence-corrected chi connectivity index (χ4v) is 2.35. The number of unbranched alkanes of at least 4 members (excludes halogenated alkanes) is 3. The Morgan fingerprint density at radius 1 is 1.28 bits per heavy atom. The molecule has 0 aliphatic carbocycles. The van der Waals surface area contributed by atoms with Crippen molar-refractivity contribution < 1.29 is 14.3 Å². The predicted molar refractivity (Wildman–Crippen MR) is 73.7 cm³/mol. The molecule has 0 spiro atoms. The van der Waals surface area contributed by atoms with Crippen molar-refractivity contribution in [3.63, 3.8) is 0 Å². The summed E-state index contributed by atoms with van der Waals surface area (Å²) in [5.41, 5.74) is 0.558. The first-order valence-electron chi connectivity index (χ1n) is 6.19. The number of hydrogen-bond acceptors (Lipinski definition) is 1. The van der Waals surface area contributed by atoms with Gasteiger partial charge in [0, 0.05) is 5.33 Å². The second-order valence-corrected chi connectivity index (χ2v) is 5.13. The van der Waals surface area contributed by atoms with E-state index in [-0.39, 0.29) is 5.82 Å². The first-order chi connectivity index (χ1) is 8.65. The summed E-state index contributed by atoms with van der Waals surface area (Å²) in [7, 11) is 0. The molecule has 0 fully saturated rings. The van der Waals surface area contributed by atoms with Gasteiger partial charge in [-0.15, -0.1) is 0 Å². The van der Waals surface area contributed by atoms with Crippen LogP contribution in [0.2, 0.25) is 0 Å². The number of carboxylic acids is 1. The maximum Gasteiger partial charge on any atom is 0.310 e. The Bertz CT molecular complexity index is 382. The molecule has 100 valence electrons. The number of carbonyl (C=O) groups is 1. The summed E-state index contributed by atoms with van der Waals surface area (Å²) < 4.78 is 13.1. The molecule has 1 aromatic carbocycles. The van der Waals surface area contributed by atoms with Gasteiger partial charge in [-0.3, -0.25) is 4.79 Å². The molecular weight excluding hydrogens is 299 g/mol. The molecule has 0 radical (unpaired) electrons. The summed E-state index contributed by atoms with van der Waals surface area (Å²) in [6.45, 7) is 0.